The molecule has 0 aromatic carbocycles. The summed E-state index contributed by atoms with van der Waals surface area (Å²) in [7, 11) is 0. The van der Waals surface area contributed by atoms with Crippen LogP contribution in [0.5, 0.6) is 0 Å². The predicted octanol–water partition coefficient (Wildman–Crippen LogP) is 1.23. The summed E-state index contributed by atoms with van der Waals surface area (Å²) in [6.07, 6.45) is 1.83. The number of hydrogen-bond donors (Lipinski definition) is 2. The summed E-state index contributed by atoms with van der Waals surface area (Å²) in [5, 5.41) is 0. The number of imidazole rings is 1. The van der Waals surface area contributed by atoms with E-state index in [-0.39, 0.29) is 0 Å². The van der Waals surface area contributed by atoms with E-state index in [4.69, 9.17) is 5.84 Å². The van der Waals surface area contributed by atoms with Gasteiger partial charge in [-0.2, -0.15) is 0 Å². The van der Waals surface area contributed by atoms with Gasteiger partial charge in [-0.1, -0.05) is 6.07 Å². The van der Waals surface area contributed by atoms with E-state index in [2.05, 4.69) is 20.0 Å². The summed E-state index contributed by atoms with van der Waals surface area (Å²) in [5.41, 5.74) is 5.70. The molecule has 2 heterocycles. The zero-order valence-corrected chi connectivity index (χ0v) is 9.44. The molecule has 0 unspecified atom stereocenters. The molecule has 0 fully saturated rings. The summed E-state index contributed by atoms with van der Waals surface area (Å²) < 4.78 is 2.07. The number of nitrogens with one attached hydrogen (secondary N) is 1. The first-order valence-electron chi connectivity index (χ1n) is 5.11. The first kappa shape index (κ1) is 10.6. The Morgan fingerprint density at radius 3 is 2.81 bits per heavy atom. The fourth-order valence-electron chi connectivity index (χ4n) is 1.53. The molecule has 2 aromatic rings. The molecule has 5 heteroatoms. The summed E-state index contributed by atoms with van der Waals surface area (Å²) in [6, 6.07) is 5.72. The normalized spacial score (nSPS) is 10.4. The van der Waals surface area contributed by atoms with E-state index >= 15 is 0 Å². The van der Waals surface area contributed by atoms with Gasteiger partial charge in [0.1, 0.15) is 5.82 Å². The highest BCUT2D eigenvalue weighted by molar-refractivity contribution is 5.33. The molecule has 0 saturated heterocycles. The van der Waals surface area contributed by atoms with Gasteiger partial charge in [-0.25, -0.2) is 15.8 Å². The van der Waals surface area contributed by atoms with Crippen molar-refractivity contribution in [2.45, 2.75) is 20.4 Å². The zero-order valence-electron chi connectivity index (χ0n) is 9.44. The van der Waals surface area contributed by atoms with Gasteiger partial charge in [0, 0.05) is 5.69 Å². The molecular formula is C11H15N5. The van der Waals surface area contributed by atoms with Crippen LogP contribution in [0.2, 0.25) is 0 Å². The van der Waals surface area contributed by atoms with Crippen molar-refractivity contribution in [2.75, 3.05) is 5.43 Å². The molecule has 2 rings (SSSR count). The van der Waals surface area contributed by atoms with Crippen LogP contribution >= 0.6 is 0 Å². The van der Waals surface area contributed by atoms with Gasteiger partial charge in [0.2, 0.25) is 0 Å². The number of hydrogen-bond acceptors (Lipinski definition) is 4. The van der Waals surface area contributed by atoms with E-state index in [0.29, 0.717) is 12.4 Å². The summed E-state index contributed by atoms with van der Waals surface area (Å²) in [6.45, 7) is 4.76. The number of hydrazine groups is 1. The van der Waals surface area contributed by atoms with Crippen molar-refractivity contribution < 1.29 is 0 Å². The average Bonchev–Trinajstić information content (AvgIpc) is 2.61. The van der Waals surface area contributed by atoms with Crippen molar-refractivity contribution in [3.8, 4) is 0 Å². The molecule has 84 valence electrons. The number of pyridine rings is 1. The topological polar surface area (TPSA) is 68.8 Å². The molecule has 0 saturated carbocycles. The molecule has 3 N–H and O–H groups in total. The average molecular weight is 217 g/mol. The Kier molecular flexibility index (Phi) is 2.87. The predicted molar refractivity (Wildman–Crippen MR) is 62.9 cm³/mol. The number of anilines is 1. The smallest absolute Gasteiger partial charge is 0.140 e. The third-order valence-electron chi connectivity index (χ3n) is 2.63. The van der Waals surface area contributed by atoms with Gasteiger partial charge in [-0.3, -0.25) is 0 Å². The van der Waals surface area contributed by atoms with E-state index in [1.165, 1.54) is 0 Å². The maximum atomic E-state index is 5.31. The standard InChI is InChI=1S/C11H15N5/c1-8-9(2)16(7-13-8)6-10-4-3-5-11(14-10)15-12/h3-5,7H,6,12H2,1-2H3,(H,14,15). The van der Waals surface area contributed by atoms with Crippen LogP contribution in [0.15, 0.2) is 24.5 Å². The third kappa shape index (κ3) is 2.04. The van der Waals surface area contributed by atoms with Gasteiger partial charge in [0.25, 0.3) is 0 Å². The van der Waals surface area contributed by atoms with E-state index in [9.17, 15) is 0 Å². The molecule has 0 radical (unpaired) electrons. The molecule has 16 heavy (non-hydrogen) atoms. The zero-order chi connectivity index (χ0) is 11.5. The minimum atomic E-state index is 0.673. The summed E-state index contributed by atoms with van der Waals surface area (Å²) in [5.74, 6) is 5.99. The Hall–Kier alpha value is -1.88. The molecule has 5 nitrogen and oxygen atoms in total. The highest BCUT2D eigenvalue weighted by atomic mass is 15.2. The Balaban J connectivity index is 2.23. The van der Waals surface area contributed by atoms with Crippen LogP contribution in [0.1, 0.15) is 17.1 Å². The van der Waals surface area contributed by atoms with Crippen molar-refractivity contribution in [3.63, 3.8) is 0 Å². The van der Waals surface area contributed by atoms with Gasteiger partial charge in [0.15, 0.2) is 0 Å². The molecule has 0 aliphatic heterocycles. The lowest BCUT2D eigenvalue weighted by atomic mass is 10.3. The van der Waals surface area contributed by atoms with Crippen LogP contribution in [-0.4, -0.2) is 14.5 Å². The van der Waals surface area contributed by atoms with Gasteiger partial charge >= 0.3 is 0 Å². The van der Waals surface area contributed by atoms with Crippen molar-refractivity contribution in [1.82, 2.24) is 14.5 Å². The summed E-state index contributed by atoms with van der Waals surface area (Å²) >= 11 is 0. The van der Waals surface area contributed by atoms with Crippen molar-refractivity contribution >= 4 is 5.82 Å². The maximum Gasteiger partial charge on any atom is 0.140 e. The van der Waals surface area contributed by atoms with Gasteiger partial charge < -0.3 is 9.99 Å². The van der Waals surface area contributed by atoms with Crippen LogP contribution in [0, 0.1) is 13.8 Å². The first-order chi connectivity index (χ1) is 7.70. The van der Waals surface area contributed by atoms with Crippen molar-refractivity contribution in [3.05, 3.63) is 41.6 Å². The second kappa shape index (κ2) is 4.32. The van der Waals surface area contributed by atoms with Gasteiger partial charge in [-0.15, -0.1) is 0 Å². The molecule has 0 aliphatic rings. The fourth-order valence-corrected chi connectivity index (χ4v) is 1.53. The molecular weight excluding hydrogens is 202 g/mol. The minimum absolute atomic E-state index is 0.673. The molecule has 2 aromatic heterocycles. The quantitative estimate of drug-likeness (QED) is 0.599. The lowest BCUT2D eigenvalue weighted by Crippen LogP contribution is -2.10. The lowest BCUT2D eigenvalue weighted by Gasteiger charge is -2.06. The fraction of sp³-hybridized carbons (Fsp3) is 0.273. The number of aryl methyl sites for hydroxylation is 1. The lowest BCUT2D eigenvalue weighted by molar-refractivity contribution is 0.748. The second-order valence-corrected chi connectivity index (χ2v) is 3.70. The Labute approximate surface area is 94.3 Å². The monoisotopic (exact) mass is 217 g/mol. The van der Waals surface area contributed by atoms with Crippen LogP contribution < -0.4 is 11.3 Å². The van der Waals surface area contributed by atoms with Gasteiger partial charge in [-0.05, 0) is 26.0 Å². The molecule has 0 aliphatic carbocycles. The molecule has 0 bridgehead atoms. The highest BCUT2D eigenvalue weighted by Crippen LogP contribution is 2.09. The van der Waals surface area contributed by atoms with E-state index in [1.807, 2.05) is 38.4 Å². The van der Waals surface area contributed by atoms with Gasteiger partial charge in [0.05, 0.1) is 24.3 Å². The molecule has 0 spiro atoms. The Morgan fingerprint density at radius 1 is 1.38 bits per heavy atom. The molecule has 0 amide bonds. The SMILES string of the molecule is Cc1ncn(Cc2cccc(NN)n2)c1C. The highest BCUT2D eigenvalue weighted by Gasteiger charge is 2.03. The largest absolute Gasteiger partial charge is 0.329 e. The Morgan fingerprint density at radius 2 is 2.19 bits per heavy atom. The number of nitrogen functional groups attached to an aromatic ring is 1. The Bertz CT molecular complexity index is 489. The number of nitrogens with zero attached hydrogens (tertiary/aromatic N) is 3. The first-order valence-corrected chi connectivity index (χ1v) is 5.11. The molecule has 0 atom stereocenters. The van der Waals surface area contributed by atoms with Crippen molar-refractivity contribution in [1.29, 1.82) is 0 Å². The number of aromatic nitrogens is 3. The van der Waals surface area contributed by atoms with Crippen LogP contribution in [-0.2, 0) is 6.54 Å². The number of nitrogens with two attached hydrogens (primary N) is 1. The van der Waals surface area contributed by atoms with Crippen LogP contribution in [0.4, 0.5) is 5.82 Å². The second-order valence-electron chi connectivity index (χ2n) is 3.70. The van der Waals surface area contributed by atoms with E-state index in [1.54, 1.807) is 0 Å². The third-order valence-corrected chi connectivity index (χ3v) is 2.63. The van der Waals surface area contributed by atoms with E-state index < -0.39 is 0 Å². The number of rotatable bonds is 3. The van der Waals surface area contributed by atoms with Crippen LogP contribution in [0.3, 0.4) is 0 Å². The minimum Gasteiger partial charge on any atom is -0.329 e. The van der Waals surface area contributed by atoms with E-state index in [0.717, 1.165) is 17.1 Å². The maximum absolute atomic E-state index is 5.31. The van der Waals surface area contributed by atoms with Crippen LogP contribution in [0.25, 0.3) is 0 Å². The van der Waals surface area contributed by atoms with Crippen molar-refractivity contribution in [2.24, 2.45) is 5.84 Å². The summed E-state index contributed by atoms with van der Waals surface area (Å²) in [4.78, 5) is 8.60.